The smallest absolute Gasteiger partial charge is 0.194 e. The summed E-state index contributed by atoms with van der Waals surface area (Å²) in [6, 6.07) is 5.24. The van der Waals surface area contributed by atoms with Gasteiger partial charge in [-0.05, 0) is 24.3 Å². The van der Waals surface area contributed by atoms with Gasteiger partial charge in [0.15, 0.2) is 5.78 Å². The van der Waals surface area contributed by atoms with Gasteiger partial charge in [0.25, 0.3) is 0 Å². The molecule has 0 aliphatic carbocycles. The molecule has 0 amide bonds. The number of aliphatic hydroxyl groups is 3. The van der Waals surface area contributed by atoms with Crippen LogP contribution in [0.4, 0.5) is 0 Å². The number of benzene rings is 1. The number of phenols is 1. The maximum atomic E-state index is 11.5. The van der Waals surface area contributed by atoms with Gasteiger partial charge in [-0.25, -0.2) is 0 Å². The molecule has 5 heteroatoms. The zero-order valence-corrected chi connectivity index (χ0v) is 7.87. The number of rotatable bonds is 4. The van der Waals surface area contributed by atoms with Gasteiger partial charge < -0.3 is 20.4 Å². The molecule has 0 saturated heterocycles. The lowest BCUT2D eigenvalue weighted by Crippen LogP contribution is -2.36. The van der Waals surface area contributed by atoms with Crippen molar-refractivity contribution in [3.05, 3.63) is 29.8 Å². The van der Waals surface area contributed by atoms with Crippen LogP contribution in [-0.4, -0.2) is 45.0 Å². The topological polar surface area (TPSA) is 98.0 Å². The predicted molar refractivity (Wildman–Crippen MR) is 51.5 cm³/mol. The lowest BCUT2D eigenvalue weighted by atomic mass is 10.0. The number of aromatic hydroxyl groups is 1. The van der Waals surface area contributed by atoms with Crippen LogP contribution in [0.2, 0.25) is 0 Å². The van der Waals surface area contributed by atoms with E-state index >= 15 is 0 Å². The lowest BCUT2D eigenvalue weighted by molar-refractivity contribution is -0.00491. The predicted octanol–water partition coefficient (Wildman–Crippen LogP) is -0.711. The summed E-state index contributed by atoms with van der Waals surface area (Å²) < 4.78 is 0. The van der Waals surface area contributed by atoms with Crippen LogP contribution in [0.25, 0.3) is 0 Å². The van der Waals surface area contributed by atoms with Crippen molar-refractivity contribution in [2.75, 3.05) is 6.61 Å². The van der Waals surface area contributed by atoms with Crippen LogP contribution in [0, 0.1) is 0 Å². The number of hydrogen-bond donors (Lipinski definition) is 4. The Morgan fingerprint density at radius 2 is 1.73 bits per heavy atom. The number of carbonyl (C=O) groups excluding carboxylic acids is 1. The van der Waals surface area contributed by atoms with E-state index in [0.29, 0.717) is 0 Å². The van der Waals surface area contributed by atoms with Crippen molar-refractivity contribution < 1.29 is 25.2 Å². The van der Waals surface area contributed by atoms with Gasteiger partial charge in [-0.1, -0.05) is 0 Å². The van der Waals surface area contributed by atoms with Crippen LogP contribution in [0.1, 0.15) is 10.4 Å². The number of ketones is 1. The molecule has 0 radical (unpaired) electrons. The van der Waals surface area contributed by atoms with Crippen LogP contribution >= 0.6 is 0 Å². The molecule has 0 aliphatic heterocycles. The summed E-state index contributed by atoms with van der Waals surface area (Å²) in [6.07, 6.45) is -3.15. The molecule has 1 aromatic carbocycles. The minimum Gasteiger partial charge on any atom is -0.508 e. The number of phenolic OH excluding ortho intramolecular Hbond substituents is 1. The van der Waals surface area contributed by atoms with Gasteiger partial charge in [-0.15, -0.1) is 0 Å². The third kappa shape index (κ3) is 2.76. The third-order valence-corrected chi connectivity index (χ3v) is 1.97. The van der Waals surface area contributed by atoms with Gasteiger partial charge in [-0.2, -0.15) is 0 Å². The quantitative estimate of drug-likeness (QED) is 0.494. The van der Waals surface area contributed by atoms with E-state index in [0.717, 1.165) is 0 Å². The molecule has 0 heterocycles. The molecule has 0 aromatic heterocycles. The number of carbonyl (C=O) groups is 1. The summed E-state index contributed by atoms with van der Waals surface area (Å²) in [5.74, 6) is -0.694. The molecule has 0 aliphatic rings. The second-order valence-electron chi connectivity index (χ2n) is 3.11. The highest BCUT2D eigenvalue weighted by Gasteiger charge is 2.24. The maximum Gasteiger partial charge on any atom is 0.194 e. The van der Waals surface area contributed by atoms with Crippen molar-refractivity contribution in [3.63, 3.8) is 0 Å². The molecule has 2 unspecified atom stereocenters. The number of hydrogen-bond acceptors (Lipinski definition) is 5. The van der Waals surface area contributed by atoms with Gasteiger partial charge in [0.1, 0.15) is 18.0 Å². The average molecular weight is 212 g/mol. The van der Waals surface area contributed by atoms with Crippen LogP contribution in [0.3, 0.4) is 0 Å². The summed E-state index contributed by atoms with van der Waals surface area (Å²) >= 11 is 0. The first-order valence-electron chi connectivity index (χ1n) is 4.36. The normalized spacial score (nSPS) is 14.6. The second-order valence-corrected chi connectivity index (χ2v) is 3.11. The first-order chi connectivity index (χ1) is 7.06. The highest BCUT2D eigenvalue weighted by atomic mass is 16.4. The van der Waals surface area contributed by atoms with Gasteiger partial charge >= 0.3 is 0 Å². The van der Waals surface area contributed by atoms with E-state index in [-0.39, 0.29) is 11.3 Å². The van der Waals surface area contributed by atoms with Crippen LogP contribution in [-0.2, 0) is 0 Å². The van der Waals surface area contributed by atoms with E-state index in [2.05, 4.69) is 0 Å². The Hall–Kier alpha value is -1.43. The number of aliphatic hydroxyl groups excluding tert-OH is 3. The first-order valence-corrected chi connectivity index (χ1v) is 4.36. The zero-order chi connectivity index (χ0) is 11.4. The Morgan fingerprint density at radius 3 is 2.20 bits per heavy atom. The molecule has 2 atom stereocenters. The highest BCUT2D eigenvalue weighted by Crippen LogP contribution is 2.12. The zero-order valence-electron chi connectivity index (χ0n) is 7.87. The summed E-state index contributed by atoms with van der Waals surface area (Å²) in [7, 11) is 0. The van der Waals surface area contributed by atoms with Crippen molar-refractivity contribution in [1.82, 2.24) is 0 Å². The molecular formula is C10H12O5. The SMILES string of the molecule is O=C(c1ccc(O)cc1)C(O)C(O)CO. The fourth-order valence-corrected chi connectivity index (χ4v) is 1.07. The molecule has 5 nitrogen and oxygen atoms in total. The lowest BCUT2D eigenvalue weighted by Gasteiger charge is -2.14. The Kier molecular flexibility index (Phi) is 3.79. The van der Waals surface area contributed by atoms with Crippen LogP contribution in [0.5, 0.6) is 5.75 Å². The fraction of sp³-hybridized carbons (Fsp3) is 0.300. The van der Waals surface area contributed by atoms with Gasteiger partial charge in [0.05, 0.1) is 6.61 Å². The highest BCUT2D eigenvalue weighted by molar-refractivity contribution is 5.99. The number of Topliss-reactive ketones (excluding diaryl/α,β-unsaturated/α-hetero) is 1. The molecule has 1 rings (SSSR count). The van der Waals surface area contributed by atoms with Crippen molar-refractivity contribution in [2.24, 2.45) is 0 Å². The molecular weight excluding hydrogens is 200 g/mol. The molecule has 0 bridgehead atoms. The van der Waals surface area contributed by atoms with Crippen molar-refractivity contribution in [1.29, 1.82) is 0 Å². The standard InChI is InChI=1S/C10H12O5/c11-5-8(13)10(15)9(14)6-1-3-7(12)4-2-6/h1-4,8,10-13,15H,5H2. The van der Waals surface area contributed by atoms with Crippen LogP contribution < -0.4 is 0 Å². The van der Waals surface area contributed by atoms with E-state index in [4.69, 9.17) is 15.3 Å². The molecule has 0 saturated carbocycles. The minimum absolute atomic E-state index is 0.00347. The minimum atomic E-state index is -1.65. The summed E-state index contributed by atoms with van der Waals surface area (Å²) in [5.41, 5.74) is 0.160. The van der Waals surface area contributed by atoms with E-state index in [1.165, 1.54) is 24.3 Å². The van der Waals surface area contributed by atoms with Crippen molar-refractivity contribution >= 4 is 5.78 Å². The molecule has 1 aromatic rings. The molecule has 0 fully saturated rings. The van der Waals surface area contributed by atoms with E-state index < -0.39 is 24.6 Å². The van der Waals surface area contributed by atoms with Gasteiger partial charge in [-0.3, -0.25) is 4.79 Å². The van der Waals surface area contributed by atoms with E-state index in [1.54, 1.807) is 0 Å². The fourth-order valence-electron chi connectivity index (χ4n) is 1.07. The monoisotopic (exact) mass is 212 g/mol. The maximum absolute atomic E-state index is 11.5. The first kappa shape index (κ1) is 11.6. The summed E-state index contributed by atoms with van der Waals surface area (Å²) in [5, 5.41) is 35.8. The Balaban J connectivity index is 2.80. The van der Waals surface area contributed by atoms with Crippen molar-refractivity contribution in [3.8, 4) is 5.75 Å². The Bertz CT molecular complexity index is 332. The van der Waals surface area contributed by atoms with Crippen molar-refractivity contribution in [2.45, 2.75) is 12.2 Å². The van der Waals surface area contributed by atoms with E-state index in [9.17, 15) is 9.90 Å². The molecule has 15 heavy (non-hydrogen) atoms. The average Bonchev–Trinajstić information content (AvgIpc) is 2.27. The summed E-state index contributed by atoms with van der Waals surface area (Å²) in [6.45, 7) is -0.689. The van der Waals surface area contributed by atoms with Gasteiger partial charge in [0.2, 0.25) is 0 Å². The molecule has 0 spiro atoms. The second kappa shape index (κ2) is 4.88. The molecule has 4 N–H and O–H groups in total. The Labute approximate surface area is 86.2 Å². The van der Waals surface area contributed by atoms with Crippen LogP contribution in [0.15, 0.2) is 24.3 Å². The van der Waals surface area contributed by atoms with E-state index in [1.807, 2.05) is 0 Å². The Morgan fingerprint density at radius 1 is 1.20 bits per heavy atom. The summed E-state index contributed by atoms with van der Waals surface area (Å²) in [4.78, 5) is 11.5. The largest absolute Gasteiger partial charge is 0.508 e. The third-order valence-electron chi connectivity index (χ3n) is 1.97. The van der Waals surface area contributed by atoms with Gasteiger partial charge in [0, 0.05) is 5.56 Å². The molecule has 82 valence electrons.